The Labute approximate surface area is 180 Å². The summed E-state index contributed by atoms with van der Waals surface area (Å²) in [6, 6.07) is 17.6. The fourth-order valence-corrected chi connectivity index (χ4v) is 3.88. The number of nitrogens with one attached hydrogen (secondary N) is 2. The summed E-state index contributed by atoms with van der Waals surface area (Å²) < 4.78 is 0. The molecule has 158 valence electrons. The molecular formula is C25H24N2O4. The van der Waals surface area contributed by atoms with Crippen LogP contribution in [0.15, 0.2) is 60.7 Å². The van der Waals surface area contributed by atoms with Gasteiger partial charge in [-0.05, 0) is 78.4 Å². The lowest BCUT2D eigenvalue weighted by Crippen LogP contribution is -2.27. The molecule has 2 amide bonds. The van der Waals surface area contributed by atoms with E-state index in [1.54, 1.807) is 19.2 Å². The summed E-state index contributed by atoms with van der Waals surface area (Å²) in [5.74, 6) is -0.702. The number of anilines is 1. The number of amides is 2. The first kappa shape index (κ1) is 20.5. The monoisotopic (exact) mass is 416 g/mol. The number of hydrogen-bond acceptors (Lipinski definition) is 4. The van der Waals surface area contributed by atoms with Crippen LogP contribution in [-0.2, 0) is 10.2 Å². The highest BCUT2D eigenvalue weighted by Crippen LogP contribution is 2.50. The van der Waals surface area contributed by atoms with E-state index in [1.165, 1.54) is 12.1 Å². The molecule has 0 unspecified atom stereocenters. The summed E-state index contributed by atoms with van der Waals surface area (Å²) in [6.07, 6.45) is 1.37. The first-order valence-corrected chi connectivity index (χ1v) is 10.1. The van der Waals surface area contributed by atoms with Gasteiger partial charge in [0.05, 0.1) is 5.41 Å². The Kier molecular flexibility index (Phi) is 5.15. The zero-order chi connectivity index (χ0) is 22.2. The van der Waals surface area contributed by atoms with Gasteiger partial charge in [0.1, 0.15) is 0 Å². The average Bonchev–Trinajstić information content (AvgIpc) is 3.57. The minimum absolute atomic E-state index is 0.133. The summed E-state index contributed by atoms with van der Waals surface area (Å²) in [4.78, 5) is 24.9. The lowest BCUT2D eigenvalue weighted by Gasteiger charge is -2.17. The molecule has 1 saturated carbocycles. The van der Waals surface area contributed by atoms with Crippen molar-refractivity contribution in [3.05, 3.63) is 77.4 Å². The molecule has 1 fully saturated rings. The van der Waals surface area contributed by atoms with Crippen LogP contribution in [0.1, 0.15) is 34.3 Å². The average molecular weight is 416 g/mol. The second kappa shape index (κ2) is 7.80. The van der Waals surface area contributed by atoms with E-state index in [0.717, 1.165) is 16.7 Å². The molecule has 0 aromatic heterocycles. The van der Waals surface area contributed by atoms with Crippen molar-refractivity contribution in [1.82, 2.24) is 5.32 Å². The van der Waals surface area contributed by atoms with Gasteiger partial charge in [-0.15, -0.1) is 0 Å². The number of aromatic hydroxyl groups is 2. The molecule has 3 aromatic rings. The number of phenols is 2. The molecule has 0 saturated heterocycles. The molecule has 4 rings (SSSR count). The Bertz CT molecular complexity index is 1180. The summed E-state index contributed by atoms with van der Waals surface area (Å²) in [6.45, 7) is 1.96. The number of benzene rings is 3. The van der Waals surface area contributed by atoms with E-state index in [-0.39, 0.29) is 23.3 Å². The summed E-state index contributed by atoms with van der Waals surface area (Å²) in [5, 5.41) is 25.0. The van der Waals surface area contributed by atoms with Gasteiger partial charge in [0.15, 0.2) is 11.5 Å². The van der Waals surface area contributed by atoms with Crippen LogP contribution in [0.2, 0.25) is 0 Å². The number of phenolic OH excluding ortho intramolecular Hbond substituents is 2. The van der Waals surface area contributed by atoms with Gasteiger partial charge >= 0.3 is 0 Å². The van der Waals surface area contributed by atoms with Crippen LogP contribution in [0.5, 0.6) is 11.5 Å². The number of rotatable bonds is 5. The highest BCUT2D eigenvalue weighted by molar-refractivity contribution is 6.02. The van der Waals surface area contributed by atoms with Crippen LogP contribution >= 0.6 is 0 Å². The van der Waals surface area contributed by atoms with Crippen molar-refractivity contribution in [2.24, 2.45) is 0 Å². The fraction of sp³-hybridized carbons (Fsp3) is 0.200. The largest absolute Gasteiger partial charge is 0.504 e. The van der Waals surface area contributed by atoms with Gasteiger partial charge in [0.2, 0.25) is 5.91 Å². The van der Waals surface area contributed by atoms with Crippen LogP contribution in [0.3, 0.4) is 0 Å². The van der Waals surface area contributed by atoms with Crippen molar-refractivity contribution in [3.8, 4) is 22.6 Å². The van der Waals surface area contributed by atoms with Gasteiger partial charge in [-0.25, -0.2) is 0 Å². The van der Waals surface area contributed by atoms with Crippen molar-refractivity contribution < 1.29 is 19.8 Å². The lowest BCUT2D eigenvalue weighted by atomic mass is 9.94. The lowest BCUT2D eigenvalue weighted by molar-refractivity contribution is -0.118. The molecule has 0 aliphatic heterocycles. The quantitative estimate of drug-likeness (QED) is 0.471. The first-order chi connectivity index (χ1) is 14.8. The number of carbonyl (C=O) groups is 2. The molecule has 1 aliphatic rings. The second-order valence-corrected chi connectivity index (χ2v) is 7.93. The van der Waals surface area contributed by atoms with Gasteiger partial charge in [0, 0.05) is 18.3 Å². The Morgan fingerprint density at radius 3 is 2.35 bits per heavy atom. The molecule has 0 atom stereocenters. The van der Waals surface area contributed by atoms with E-state index in [2.05, 4.69) is 10.6 Å². The zero-order valence-electron chi connectivity index (χ0n) is 17.4. The van der Waals surface area contributed by atoms with Crippen molar-refractivity contribution in [3.63, 3.8) is 0 Å². The SMILES string of the molecule is CNC(=O)c1cccc(-c2ccc(NC(=O)C3(c4ccc(O)c(O)c4)CC3)cc2C)c1. The van der Waals surface area contributed by atoms with Crippen LogP contribution in [-0.4, -0.2) is 29.1 Å². The van der Waals surface area contributed by atoms with Crippen molar-refractivity contribution in [2.75, 3.05) is 12.4 Å². The number of aryl methyl sites for hydroxylation is 1. The molecule has 4 N–H and O–H groups in total. The Hall–Kier alpha value is -3.80. The highest BCUT2D eigenvalue weighted by atomic mass is 16.3. The Morgan fingerprint density at radius 2 is 1.71 bits per heavy atom. The fourth-order valence-electron chi connectivity index (χ4n) is 3.88. The molecule has 3 aromatic carbocycles. The molecule has 0 heterocycles. The van der Waals surface area contributed by atoms with Gasteiger partial charge in [-0.1, -0.05) is 24.3 Å². The number of hydrogen-bond donors (Lipinski definition) is 4. The molecule has 0 bridgehead atoms. The van der Waals surface area contributed by atoms with E-state index in [1.807, 2.05) is 43.3 Å². The van der Waals surface area contributed by atoms with Crippen molar-refractivity contribution >= 4 is 17.5 Å². The van der Waals surface area contributed by atoms with Crippen LogP contribution in [0.4, 0.5) is 5.69 Å². The predicted molar refractivity (Wildman–Crippen MR) is 119 cm³/mol. The van der Waals surface area contributed by atoms with Gasteiger partial charge < -0.3 is 20.8 Å². The maximum atomic E-state index is 13.0. The summed E-state index contributed by atoms with van der Waals surface area (Å²) in [7, 11) is 1.60. The molecular weight excluding hydrogens is 392 g/mol. The molecule has 6 heteroatoms. The van der Waals surface area contributed by atoms with E-state index < -0.39 is 5.41 Å². The standard InChI is InChI=1S/C25H24N2O4/c1-15-12-19(7-8-20(15)16-4-3-5-17(13-16)23(30)26-2)27-24(31)25(10-11-25)18-6-9-21(28)22(29)14-18/h3-9,12-14,28-29H,10-11H2,1-2H3,(H,26,30)(H,27,31). The Balaban J connectivity index is 1.56. The van der Waals surface area contributed by atoms with Crippen molar-refractivity contribution in [2.45, 2.75) is 25.2 Å². The van der Waals surface area contributed by atoms with E-state index in [0.29, 0.717) is 29.7 Å². The van der Waals surface area contributed by atoms with E-state index in [4.69, 9.17) is 0 Å². The third-order valence-corrected chi connectivity index (χ3v) is 5.86. The minimum Gasteiger partial charge on any atom is -0.504 e. The maximum Gasteiger partial charge on any atom is 0.251 e. The third kappa shape index (κ3) is 3.84. The van der Waals surface area contributed by atoms with Crippen molar-refractivity contribution in [1.29, 1.82) is 0 Å². The summed E-state index contributed by atoms with van der Waals surface area (Å²) >= 11 is 0. The van der Waals surface area contributed by atoms with Crippen LogP contribution < -0.4 is 10.6 Å². The third-order valence-electron chi connectivity index (χ3n) is 5.86. The maximum absolute atomic E-state index is 13.0. The number of carbonyl (C=O) groups excluding carboxylic acids is 2. The molecule has 6 nitrogen and oxygen atoms in total. The molecule has 1 aliphatic carbocycles. The summed E-state index contributed by atoms with van der Waals surface area (Å²) in [5.41, 5.74) is 4.16. The van der Waals surface area contributed by atoms with Gasteiger partial charge in [0.25, 0.3) is 5.91 Å². The van der Waals surface area contributed by atoms with Gasteiger partial charge in [-0.3, -0.25) is 9.59 Å². The smallest absolute Gasteiger partial charge is 0.251 e. The topological polar surface area (TPSA) is 98.7 Å². The van der Waals surface area contributed by atoms with E-state index >= 15 is 0 Å². The predicted octanol–water partition coefficient (Wildman–Crippen LogP) is 4.10. The second-order valence-electron chi connectivity index (χ2n) is 7.93. The minimum atomic E-state index is -0.681. The first-order valence-electron chi connectivity index (χ1n) is 10.1. The molecule has 0 spiro atoms. The van der Waals surface area contributed by atoms with Gasteiger partial charge in [-0.2, -0.15) is 0 Å². The Morgan fingerprint density at radius 1 is 0.935 bits per heavy atom. The normalized spacial score (nSPS) is 14.0. The highest BCUT2D eigenvalue weighted by Gasteiger charge is 2.51. The molecule has 31 heavy (non-hydrogen) atoms. The van der Waals surface area contributed by atoms with Crippen LogP contribution in [0, 0.1) is 6.92 Å². The van der Waals surface area contributed by atoms with E-state index in [9.17, 15) is 19.8 Å². The van der Waals surface area contributed by atoms with Crippen LogP contribution in [0.25, 0.3) is 11.1 Å². The molecule has 0 radical (unpaired) electrons. The zero-order valence-corrected chi connectivity index (χ0v) is 17.4.